The molecule has 4 rings (SSSR count). The minimum Gasteiger partial charge on any atom is -0.396 e. The van der Waals surface area contributed by atoms with E-state index in [9.17, 15) is 10.2 Å². The van der Waals surface area contributed by atoms with Crippen LogP contribution in [0, 0.1) is 35.5 Å². The second kappa shape index (κ2) is 10.2. The third-order valence-electron chi connectivity index (χ3n) is 9.21. The van der Waals surface area contributed by atoms with Crippen molar-refractivity contribution in [2.45, 2.75) is 84.8 Å². The maximum Gasteiger partial charge on any atom is 0.0544 e. The standard InChI is InChI=1S/C19H32O2.C9H13N/c1-13-4-5-14-10-15(6-8-18(13,14)2)19(3)9-7-17(21)11-16(19)12-20;1-8-4-3-5-9(6-8)7-10-2/h14-17,20-21H,1,4-12H2,2-3H3;3-6,10H,7H2,1-2H3. The number of aryl methyl sites for hydroxylation is 1. The van der Waals surface area contributed by atoms with Crippen molar-refractivity contribution in [3.05, 3.63) is 47.5 Å². The lowest BCUT2D eigenvalue weighted by Crippen LogP contribution is -2.46. The summed E-state index contributed by atoms with van der Waals surface area (Å²) in [6.45, 7) is 12.5. The van der Waals surface area contributed by atoms with E-state index in [1.165, 1.54) is 48.8 Å². The van der Waals surface area contributed by atoms with E-state index in [1.54, 1.807) is 0 Å². The van der Waals surface area contributed by atoms with E-state index in [2.05, 4.69) is 56.9 Å². The molecule has 0 radical (unpaired) electrons. The van der Waals surface area contributed by atoms with Gasteiger partial charge in [-0.3, -0.25) is 0 Å². The predicted molar refractivity (Wildman–Crippen MR) is 130 cm³/mol. The summed E-state index contributed by atoms with van der Waals surface area (Å²) in [7, 11) is 1.96. The SMILES string of the molecule is C=C1CCC2CC(C3(C)CCC(O)CC3CO)CCC12C.CNCc1cccc(C)c1. The highest BCUT2D eigenvalue weighted by Crippen LogP contribution is 2.61. The summed E-state index contributed by atoms with van der Waals surface area (Å²) in [5, 5.41) is 22.9. The molecule has 0 heterocycles. The van der Waals surface area contributed by atoms with Crippen molar-refractivity contribution >= 4 is 0 Å². The molecule has 6 unspecified atom stereocenters. The van der Waals surface area contributed by atoms with Crippen molar-refractivity contribution in [3.63, 3.8) is 0 Å². The van der Waals surface area contributed by atoms with E-state index in [0.717, 1.165) is 31.7 Å². The van der Waals surface area contributed by atoms with Crippen LogP contribution in [0.15, 0.2) is 36.4 Å². The van der Waals surface area contributed by atoms with E-state index in [1.807, 2.05) is 7.05 Å². The molecule has 0 amide bonds. The summed E-state index contributed by atoms with van der Waals surface area (Å²) in [4.78, 5) is 0. The Labute approximate surface area is 190 Å². The molecule has 0 bridgehead atoms. The molecule has 6 atom stereocenters. The number of aliphatic hydroxyl groups is 2. The van der Waals surface area contributed by atoms with Gasteiger partial charge in [-0.25, -0.2) is 0 Å². The lowest BCUT2D eigenvalue weighted by Gasteiger charge is -2.52. The number of rotatable bonds is 4. The minimum absolute atomic E-state index is 0.199. The van der Waals surface area contributed by atoms with Crippen LogP contribution >= 0.6 is 0 Å². The Morgan fingerprint density at radius 1 is 1.10 bits per heavy atom. The zero-order chi connectivity index (χ0) is 22.6. The number of allylic oxidation sites excluding steroid dienone is 1. The highest BCUT2D eigenvalue weighted by Gasteiger charge is 2.51. The summed E-state index contributed by atoms with van der Waals surface area (Å²) in [6.07, 6.45) is 8.96. The number of hydrogen-bond acceptors (Lipinski definition) is 3. The fourth-order valence-corrected chi connectivity index (χ4v) is 6.78. The third kappa shape index (κ3) is 5.26. The van der Waals surface area contributed by atoms with Crippen LogP contribution in [0.2, 0.25) is 0 Å². The first-order chi connectivity index (χ1) is 14.7. The van der Waals surface area contributed by atoms with E-state index in [4.69, 9.17) is 0 Å². The van der Waals surface area contributed by atoms with Crippen LogP contribution in [0.25, 0.3) is 0 Å². The number of nitrogens with one attached hydrogen (secondary N) is 1. The second-order valence-electron chi connectivity index (χ2n) is 11.1. The van der Waals surface area contributed by atoms with Gasteiger partial charge in [-0.15, -0.1) is 0 Å². The maximum atomic E-state index is 9.94. The minimum atomic E-state index is -0.199. The van der Waals surface area contributed by atoms with Crippen molar-refractivity contribution in [1.82, 2.24) is 5.32 Å². The Bertz CT molecular complexity index is 746. The van der Waals surface area contributed by atoms with Gasteiger partial charge in [-0.05, 0) is 99.5 Å². The van der Waals surface area contributed by atoms with Crippen LogP contribution < -0.4 is 5.32 Å². The molecule has 0 spiro atoms. The van der Waals surface area contributed by atoms with Crippen molar-refractivity contribution < 1.29 is 10.2 Å². The Balaban J connectivity index is 0.000000229. The van der Waals surface area contributed by atoms with Gasteiger partial charge in [0.25, 0.3) is 0 Å². The average molecular weight is 428 g/mol. The molecule has 3 heteroatoms. The molecule has 3 fully saturated rings. The van der Waals surface area contributed by atoms with E-state index >= 15 is 0 Å². The summed E-state index contributed by atoms with van der Waals surface area (Å²) >= 11 is 0. The Hall–Kier alpha value is -1.16. The topological polar surface area (TPSA) is 52.5 Å². The molecule has 174 valence electrons. The number of fused-ring (bicyclic) bond motifs is 1. The summed E-state index contributed by atoms with van der Waals surface area (Å²) < 4.78 is 0. The molecular weight excluding hydrogens is 382 g/mol. The molecule has 0 aliphatic heterocycles. The zero-order valence-electron chi connectivity index (χ0n) is 20.3. The Morgan fingerprint density at radius 2 is 1.87 bits per heavy atom. The van der Waals surface area contributed by atoms with Crippen LogP contribution in [0.4, 0.5) is 0 Å². The Morgan fingerprint density at radius 3 is 2.55 bits per heavy atom. The number of benzene rings is 1. The Kier molecular flexibility index (Phi) is 8.05. The summed E-state index contributed by atoms with van der Waals surface area (Å²) in [5.74, 6) is 1.79. The van der Waals surface area contributed by atoms with Gasteiger partial charge in [0.05, 0.1) is 6.10 Å². The molecular formula is C28H45NO2. The van der Waals surface area contributed by atoms with Crippen LogP contribution in [0.1, 0.15) is 76.3 Å². The number of hydrogen-bond donors (Lipinski definition) is 3. The van der Waals surface area contributed by atoms with Crippen LogP contribution in [0.5, 0.6) is 0 Å². The molecule has 1 aromatic rings. The quantitative estimate of drug-likeness (QED) is 0.546. The molecule has 1 aromatic carbocycles. The van der Waals surface area contributed by atoms with Crippen LogP contribution in [-0.4, -0.2) is 30.0 Å². The second-order valence-corrected chi connectivity index (χ2v) is 11.1. The van der Waals surface area contributed by atoms with Crippen LogP contribution in [0.3, 0.4) is 0 Å². The van der Waals surface area contributed by atoms with Gasteiger partial charge in [0, 0.05) is 13.2 Å². The molecule has 3 aliphatic rings. The normalized spacial score (nSPS) is 37.7. The highest BCUT2D eigenvalue weighted by atomic mass is 16.3. The highest BCUT2D eigenvalue weighted by molar-refractivity contribution is 5.22. The first kappa shape index (κ1) is 24.5. The first-order valence-electron chi connectivity index (χ1n) is 12.4. The average Bonchev–Trinajstić information content (AvgIpc) is 3.04. The first-order valence-corrected chi connectivity index (χ1v) is 12.4. The van der Waals surface area contributed by atoms with Gasteiger partial charge in [0.1, 0.15) is 0 Å². The van der Waals surface area contributed by atoms with E-state index < -0.39 is 0 Å². The monoisotopic (exact) mass is 427 g/mol. The zero-order valence-corrected chi connectivity index (χ0v) is 20.3. The van der Waals surface area contributed by atoms with Crippen molar-refractivity contribution in [2.75, 3.05) is 13.7 Å². The number of aliphatic hydroxyl groups excluding tert-OH is 2. The van der Waals surface area contributed by atoms with Crippen LogP contribution in [-0.2, 0) is 6.54 Å². The third-order valence-corrected chi connectivity index (χ3v) is 9.21. The summed E-state index contributed by atoms with van der Waals surface area (Å²) in [5.41, 5.74) is 4.76. The smallest absolute Gasteiger partial charge is 0.0544 e. The molecule has 31 heavy (non-hydrogen) atoms. The molecule has 3 nitrogen and oxygen atoms in total. The van der Waals surface area contributed by atoms with Crippen molar-refractivity contribution in [2.24, 2.45) is 28.6 Å². The van der Waals surface area contributed by atoms with E-state index in [0.29, 0.717) is 11.3 Å². The van der Waals surface area contributed by atoms with Gasteiger partial charge in [0.15, 0.2) is 0 Å². The van der Waals surface area contributed by atoms with Crippen molar-refractivity contribution in [1.29, 1.82) is 0 Å². The fourth-order valence-electron chi connectivity index (χ4n) is 6.78. The molecule has 0 saturated heterocycles. The molecule has 3 N–H and O–H groups in total. The molecule has 3 aliphatic carbocycles. The summed E-state index contributed by atoms with van der Waals surface area (Å²) in [6, 6.07) is 8.52. The predicted octanol–water partition coefficient (Wildman–Crippen LogP) is 5.63. The largest absolute Gasteiger partial charge is 0.396 e. The van der Waals surface area contributed by atoms with Crippen molar-refractivity contribution in [3.8, 4) is 0 Å². The van der Waals surface area contributed by atoms with E-state index in [-0.39, 0.29) is 24.0 Å². The maximum absolute atomic E-state index is 9.94. The lowest BCUT2D eigenvalue weighted by atomic mass is 9.53. The molecule has 3 saturated carbocycles. The fraction of sp³-hybridized carbons (Fsp3) is 0.714. The molecule has 0 aromatic heterocycles. The van der Waals surface area contributed by atoms with Gasteiger partial charge in [-0.1, -0.05) is 55.8 Å². The van der Waals surface area contributed by atoms with Gasteiger partial charge in [0.2, 0.25) is 0 Å². The van der Waals surface area contributed by atoms with Gasteiger partial charge < -0.3 is 15.5 Å². The van der Waals surface area contributed by atoms with Gasteiger partial charge in [-0.2, -0.15) is 0 Å². The lowest BCUT2D eigenvalue weighted by molar-refractivity contribution is -0.0661. The van der Waals surface area contributed by atoms with Gasteiger partial charge >= 0.3 is 0 Å².